The van der Waals surface area contributed by atoms with E-state index in [1.807, 2.05) is 19.2 Å². The van der Waals surface area contributed by atoms with Crippen molar-refractivity contribution >= 4 is 11.6 Å². The van der Waals surface area contributed by atoms with Crippen molar-refractivity contribution in [1.82, 2.24) is 19.9 Å². The number of rotatable bonds is 3. The molecule has 2 aromatic heterocycles. The summed E-state index contributed by atoms with van der Waals surface area (Å²) in [6.07, 6.45) is 3.43. The second-order valence-corrected chi connectivity index (χ2v) is 5.32. The first kappa shape index (κ1) is 14.5. The molecule has 0 radical (unpaired) electrons. The maximum absolute atomic E-state index is 5.16. The molecular formula is C15H20N6O. The summed E-state index contributed by atoms with van der Waals surface area (Å²) in [4.78, 5) is 21.7. The van der Waals surface area contributed by atoms with Crippen molar-refractivity contribution in [3.8, 4) is 5.88 Å². The zero-order valence-corrected chi connectivity index (χ0v) is 13.2. The van der Waals surface area contributed by atoms with E-state index in [9.17, 15) is 0 Å². The van der Waals surface area contributed by atoms with Crippen LogP contribution in [0.1, 0.15) is 11.4 Å². The van der Waals surface area contributed by atoms with Crippen LogP contribution < -0.4 is 14.5 Å². The first-order valence-electron chi connectivity index (χ1n) is 7.33. The maximum atomic E-state index is 5.16. The summed E-state index contributed by atoms with van der Waals surface area (Å²) in [5, 5.41) is 0. The van der Waals surface area contributed by atoms with E-state index in [2.05, 4.69) is 36.7 Å². The molecule has 0 unspecified atom stereocenters. The van der Waals surface area contributed by atoms with Gasteiger partial charge in [-0.25, -0.2) is 19.9 Å². The third kappa shape index (κ3) is 2.93. The van der Waals surface area contributed by atoms with E-state index in [1.54, 1.807) is 13.4 Å². The topological polar surface area (TPSA) is 67.3 Å². The lowest BCUT2D eigenvalue weighted by Crippen LogP contribution is -2.47. The van der Waals surface area contributed by atoms with Gasteiger partial charge in [-0.1, -0.05) is 0 Å². The minimum absolute atomic E-state index is 0.592. The molecule has 0 bridgehead atoms. The van der Waals surface area contributed by atoms with E-state index in [0.29, 0.717) is 5.88 Å². The molecule has 2 aromatic rings. The van der Waals surface area contributed by atoms with Gasteiger partial charge in [0.05, 0.1) is 7.11 Å². The molecule has 0 saturated carbocycles. The number of ether oxygens (including phenoxy) is 1. The first-order chi connectivity index (χ1) is 10.7. The average Bonchev–Trinajstić information content (AvgIpc) is 2.57. The molecule has 0 N–H and O–H groups in total. The smallest absolute Gasteiger partial charge is 0.218 e. The Labute approximate surface area is 130 Å². The third-order valence-corrected chi connectivity index (χ3v) is 3.81. The Balaban J connectivity index is 1.71. The Morgan fingerprint density at radius 2 is 1.73 bits per heavy atom. The molecule has 0 aliphatic carbocycles. The van der Waals surface area contributed by atoms with Crippen LogP contribution in [-0.4, -0.2) is 53.2 Å². The van der Waals surface area contributed by atoms with Crippen LogP contribution in [0, 0.1) is 13.8 Å². The van der Waals surface area contributed by atoms with Gasteiger partial charge in [-0.2, -0.15) is 0 Å². The lowest BCUT2D eigenvalue weighted by molar-refractivity contribution is 0.396. The van der Waals surface area contributed by atoms with Crippen molar-refractivity contribution in [2.45, 2.75) is 13.8 Å². The molecule has 0 aromatic carbocycles. The normalized spacial score (nSPS) is 15.0. The Hall–Kier alpha value is -2.44. The van der Waals surface area contributed by atoms with Crippen molar-refractivity contribution in [2.24, 2.45) is 0 Å². The number of piperazine rings is 1. The van der Waals surface area contributed by atoms with Gasteiger partial charge in [0, 0.05) is 44.0 Å². The maximum Gasteiger partial charge on any atom is 0.218 e. The third-order valence-electron chi connectivity index (χ3n) is 3.81. The van der Waals surface area contributed by atoms with Crippen molar-refractivity contribution < 1.29 is 4.74 Å². The molecule has 1 fully saturated rings. The zero-order chi connectivity index (χ0) is 15.5. The van der Waals surface area contributed by atoms with Crippen LogP contribution in [-0.2, 0) is 0 Å². The molecule has 7 nitrogen and oxygen atoms in total. The number of hydrogen-bond donors (Lipinski definition) is 0. The second-order valence-electron chi connectivity index (χ2n) is 5.32. The van der Waals surface area contributed by atoms with Crippen LogP contribution >= 0.6 is 0 Å². The van der Waals surface area contributed by atoms with Crippen LogP contribution in [0.15, 0.2) is 18.6 Å². The molecule has 1 saturated heterocycles. The van der Waals surface area contributed by atoms with Crippen molar-refractivity contribution in [2.75, 3.05) is 43.1 Å². The lowest BCUT2D eigenvalue weighted by Gasteiger charge is -2.36. The molecular weight excluding hydrogens is 280 g/mol. The molecule has 0 spiro atoms. The fourth-order valence-corrected chi connectivity index (χ4v) is 2.60. The summed E-state index contributed by atoms with van der Waals surface area (Å²) in [6.45, 7) is 7.57. The van der Waals surface area contributed by atoms with Crippen LogP contribution in [0.4, 0.5) is 11.6 Å². The highest BCUT2D eigenvalue weighted by atomic mass is 16.5. The monoisotopic (exact) mass is 300 g/mol. The van der Waals surface area contributed by atoms with Crippen molar-refractivity contribution in [3.63, 3.8) is 0 Å². The Morgan fingerprint density at radius 1 is 1.00 bits per heavy atom. The minimum atomic E-state index is 0.592. The number of hydrogen-bond acceptors (Lipinski definition) is 7. The largest absolute Gasteiger partial charge is 0.481 e. The van der Waals surface area contributed by atoms with Gasteiger partial charge in [0.25, 0.3) is 0 Å². The summed E-state index contributed by atoms with van der Waals surface area (Å²) >= 11 is 0. The van der Waals surface area contributed by atoms with Crippen molar-refractivity contribution in [1.29, 1.82) is 0 Å². The highest BCUT2D eigenvalue weighted by molar-refractivity contribution is 5.49. The molecule has 22 heavy (non-hydrogen) atoms. The zero-order valence-electron chi connectivity index (χ0n) is 13.2. The van der Waals surface area contributed by atoms with Gasteiger partial charge in [0.15, 0.2) is 0 Å². The molecule has 0 amide bonds. The van der Waals surface area contributed by atoms with Gasteiger partial charge >= 0.3 is 0 Å². The predicted molar refractivity (Wildman–Crippen MR) is 84.5 cm³/mol. The molecule has 1 aliphatic heterocycles. The molecule has 3 heterocycles. The summed E-state index contributed by atoms with van der Waals surface area (Å²) < 4.78 is 5.16. The number of anilines is 2. The van der Waals surface area contributed by atoms with E-state index in [0.717, 1.165) is 49.2 Å². The molecule has 116 valence electrons. The van der Waals surface area contributed by atoms with Gasteiger partial charge in [-0.3, -0.25) is 0 Å². The molecule has 7 heteroatoms. The highest BCUT2D eigenvalue weighted by Crippen LogP contribution is 2.21. The van der Waals surface area contributed by atoms with Crippen LogP contribution in [0.2, 0.25) is 0 Å². The van der Waals surface area contributed by atoms with Crippen LogP contribution in [0.25, 0.3) is 0 Å². The number of nitrogens with zero attached hydrogens (tertiary/aromatic N) is 6. The molecule has 3 rings (SSSR count). The number of aromatic nitrogens is 4. The van der Waals surface area contributed by atoms with Gasteiger partial charge in [-0.15, -0.1) is 0 Å². The van der Waals surface area contributed by atoms with Gasteiger partial charge in [0.2, 0.25) is 5.88 Å². The Bertz CT molecular complexity index is 654. The first-order valence-corrected chi connectivity index (χ1v) is 7.33. The Kier molecular flexibility index (Phi) is 4.04. The van der Waals surface area contributed by atoms with Gasteiger partial charge in [-0.05, 0) is 13.8 Å². The fourth-order valence-electron chi connectivity index (χ4n) is 2.60. The Morgan fingerprint density at radius 3 is 2.45 bits per heavy atom. The standard InChI is InChI=1S/C15H20N6O/c1-11-9-16-12(2)19-15(11)21-6-4-20(5-7-21)13-8-14(22-3)18-10-17-13/h8-10H,4-7H2,1-3H3. The predicted octanol–water partition coefficient (Wildman–Crippen LogP) is 1.22. The van der Waals surface area contributed by atoms with E-state index < -0.39 is 0 Å². The van der Waals surface area contributed by atoms with Crippen LogP contribution in [0.5, 0.6) is 5.88 Å². The molecule has 1 aliphatic rings. The minimum Gasteiger partial charge on any atom is -0.481 e. The van der Waals surface area contributed by atoms with E-state index in [4.69, 9.17) is 4.74 Å². The number of methoxy groups -OCH3 is 1. The lowest BCUT2D eigenvalue weighted by atomic mass is 10.2. The van der Waals surface area contributed by atoms with Gasteiger partial charge in [0.1, 0.15) is 23.8 Å². The molecule has 0 atom stereocenters. The average molecular weight is 300 g/mol. The SMILES string of the molecule is COc1cc(N2CCN(c3nc(C)ncc3C)CC2)ncn1. The fraction of sp³-hybridized carbons (Fsp3) is 0.467. The quantitative estimate of drug-likeness (QED) is 0.844. The van der Waals surface area contributed by atoms with Crippen LogP contribution in [0.3, 0.4) is 0 Å². The summed E-state index contributed by atoms with van der Waals surface area (Å²) in [5.74, 6) is 3.34. The summed E-state index contributed by atoms with van der Waals surface area (Å²) in [7, 11) is 1.62. The van der Waals surface area contributed by atoms with E-state index >= 15 is 0 Å². The summed E-state index contributed by atoms with van der Waals surface area (Å²) in [6, 6.07) is 1.87. The number of aryl methyl sites for hydroxylation is 2. The van der Waals surface area contributed by atoms with Gasteiger partial charge < -0.3 is 14.5 Å². The highest BCUT2D eigenvalue weighted by Gasteiger charge is 2.21. The van der Waals surface area contributed by atoms with E-state index in [-0.39, 0.29) is 0 Å². The summed E-state index contributed by atoms with van der Waals surface area (Å²) in [5.41, 5.74) is 1.11. The van der Waals surface area contributed by atoms with Crippen molar-refractivity contribution in [3.05, 3.63) is 30.0 Å². The van der Waals surface area contributed by atoms with E-state index in [1.165, 1.54) is 0 Å². The second kappa shape index (κ2) is 6.13.